The summed E-state index contributed by atoms with van der Waals surface area (Å²) in [6, 6.07) is 0.0790. The van der Waals surface area contributed by atoms with Crippen molar-refractivity contribution in [3.05, 3.63) is 0 Å². The largest absolute Gasteiger partial charge is 0.409 e. The summed E-state index contributed by atoms with van der Waals surface area (Å²) in [5.74, 6) is 0.317. The van der Waals surface area contributed by atoms with Gasteiger partial charge >= 0.3 is 0 Å². The second-order valence-electron chi connectivity index (χ2n) is 3.23. The van der Waals surface area contributed by atoms with E-state index in [1.54, 1.807) is 0 Å². The van der Waals surface area contributed by atoms with Gasteiger partial charge in [0.25, 0.3) is 0 Å². The number of nitrogens with two attached hydrogens (primary N) is 1. The third-order valence-electron chi connectivity index (χ3n) is 2.28. The predicted molar refractivity (Wildman–Crippen MR) is 48.3 cm³/mol. The minimum Gasteiger partial charge on any atom is -0.409 e. The van der Waals surface area contributed by atoms with Crippen molar-refractivity contribution >= 4 is 5.84 Å². The number of hydrogen-bond donors (Lipinski definition) is 3. The number of oxime groups is 1. The summed E-state index contributed by atoms with van der Waals surface area (Å²) >= 11 is 0. The lowest BCUT2D eigenvalue weighted by Crippen LogP contribution is -2.42. The highest BCUT2D eigenvalue weighted by molar-refractivity contribution is 5.85. The lowest BCUT2D eigenvalue weighted by atomic mass is 10.0. The number of nitrogens with zero attached hydrogens (tertiary/aromatic N) is 1. The molecule has 0 amide bonds. The first-order valence-electron chi connectivity index (χ1n) is 4.55. The Kier molecular flexibility index (Phi) is 3.87. The van der Waals surface area contributed by atoms with Crippen LogP contribution in [-0.2, 0) is 0 Å². The number of amidine groups is 1. The van der Waals surface area contributed by atoms with E-state index in [-0.39, 0.29) is 6.04 Å². The van der Waals surface area contributed by atoms with E-state index in [2.05, 4.69) is 10.5 Å². The third kappa shape index (κ3) is 2.70. The quantitative estimate of drug-likeness (QED) is 0.235. The molecule has 4 N–H and O–H groups in total. The van der Waals surface area contributed by atoms with Gasteiger partial charge in [-0.2, -0.15) is 0 Å². The second kappa shape index (κ2) is 4.98. The summed E-state index contributed by atoms with van der Waals surface area (Å²) in [5, 5.41) is 14.7. The van der Waals surface area contributed by atoms with Crippen LogP contribution >= 0.6 is 0 Å². The Balaban J connectivity index is 2.39. The van der Waals surface area contributed by atoms with Crippen LogP contribution in [0.3, 0.4) is 0 Å². The molecule has 4 heteroatoms. The van der Waals surface area contributed by atoms with E-state index in [0.717, 1.165) is 19.4 Å². The zero-order chi connectivity index (χ0) is 8.81. The van der Waals surface area contributed by atoms with E-state index in [9.17, 15) is 0 Å². The Morgan fingerprint density at radius 2 is 2.08 bits per heavy atom. The van der Waals surface area contributed by atoms with Crippen LogP contribution in [0.25, 0.3) is 0 Å². The van der Waals surface area contributed by atoms with E-state index in [1.165, 1.54) is 19.3 Å². The first-order valence-corrected chi connectivity index (χ1v) is 4.55. The van der Waals surface area contributed by atoms with Crippen LogP contribution in [0.15, 0.2) is 5.16 Å². The summed E-state index contributed by atoms with van der Waals surface area (Å²) < 4.78 is 0. The SMILES string of the molecule is NC(=NO)C1CCCCCCN1. The van der Waals surface area contributed by atoms with Crippen molar-refractivity contribution in [1.82, 2.24) is 5.32 Å². The van der Waals surface area contributed by atoms with Gasteiger partial charge in [0, 0.05) is 0 Å². The molecule has 1 fully saturated rings. The Morgan fingerprint density at radius 1 is 1.33 bits per heavy atom. The highest BCUT2D eigenvalue weighted by Crippen LogP contribution is 2.09. The molecule has 0 aromatic carbocycles. The molecule has 1 heterocycles. The van der Waals surface area contributed by atoms with E-state index in [4.69, 9.17) is 10.9 Å². The average Bonchev–Trinajstić information content (AvgIpc) is 2.02. The van der Waals surface area contributed by atoms with Crippen LogP contribution in [0.5, 0.6) is 0 Å². The lowest BCUT2D eigenvalue weighted by Gasteiger charge is -2.19. The van der Waals surface area contributed by atoms with Gasteiger partial charge in [0.1, 0.15) is 0 Å². The van der Waals surface area contributed by atoms with Gasteiger partial charge in [0.2, 0.25) is 0 Å². The molecular formula is C8H17N3O. The Hall–Kier alpha value is -0.770. The predicted octanol–water partition coefficient (Wildman–Crippen LogP) is 0.655. The van der Waals surface area contributed by atoms with Gasteiger partial charge in [-0.3, -0.25) is 0 Å². The highest BCUT2D eigenvalue weighted by Gasteiger charge is 2.13. The molecule has 0 aromatic rings. The number of nitrogens with one attached hydrogen (secondary N) is 1. The molecule has 0 radical (unpaired) electrons. The first-order chi connectivity index (χ1) is 5.84. The normalized spacial score (nSPS) is 27.7. The fourth-order valence-electron chi connectivity index (χ4n) is 1.53. The fraction of sp³-hybridized carbons (Fsp3) is 0.875. The van der Waals surface area contributed by atoms with Gasteiger partial charge in [0.15, 0.2) is 5.84 Å². The van der Waals surface area contributed by atoms with Gasteiger partial charge in [-0.25, -0.2) is 0 Å². The molecule has 1 unspecified atom stereocenters. The molecule has 0 aliphatic carbocycles. The van der Waals surface area contributed by atoms with E-state index in [0.29, 0.717) is 5.84 Å². The fourth-order valence-corrected chi connectivity index (χ4v) is 1.53. The molecule has 70 valence electrons. The van der Waals surface area contributed by atoms with Gasteiger partial charge in [-0.1, -0.05) is 24.4 Å². The molecule has 1 atom stereocenters. The Labute approximate surface area is 72.8 Å². The van der Waals surface area contributed by atoms with Crippen LogP contribution in [0.2, 0.25) is 0 Å². The third-order valence-corrected chi connectivity index (χ3v) is 2.28. The zero-order valence-corrected chi connectivity index (χ0v) is 7.29. The Morgan fingerprint density at radius 3 is 2.83 bits per heavy atom. The van der Waals surface area contributed by atoms with E-state index in [1.807, 2.05) is 0 Å². The number of rotatable bonds is 1. The minimum absolute atomic E-state index is 0.0790. The molecule has 1 saturated heterocycles. The van der Waals surface area contributed by atoms with E-state index < -0.39 is 0 Å². The van der Waals surface area contributed by atoms with Gasteiger partial charge in [-0.05, 0) is 19.4 Å². The van der Waals surface area contributed by atoms with Gasteiger partial charge in [-0.15, -0.1) is 0 Å². The van der Waals surface area contributed by atoms with Crippen molar-refractivity contribution in [2.45, 2.75) is 38.1 Å². The highest BCUT2D eigenvalue weighted by atomic mass is 16.4. The van der Waals surface area contributed by atoms with Gasteiger partial charge < -0.3 is 16.3 Å². The molecule has 0 saturated carbocycles. The lowest BCUT2D eigenvalue weighted by molar-refractivity contribution is 0.313. The molecule has 1 aliphatic rings. The molecule has 1 rings (SSSR count). The summed E-state index contributed by atoms with van der Waals surface area (Å²) in [5.41, 5.74) is 5.51. The maximum atomic E-state index is 8.47. The van der Waals surface area contributed by atoms with Crippen molar-refractivity contribution in [1.29, 1.82) is 0 Å². The topological polar surface area (TPSA) is 70.6 Å². The Bertz CT molecular complexity index is 150. The van der Waals surface area contributed by atoms with Crippen LogP contribution in [0.1, 0.15) is 32.1 Å². The first kappa shape index (κ1) is 9.32. The van der Waals surface area contributed by atoms with Crippen LogP contribution in [0, 0.1) is 0 Å². The average molecular weight is 171 g/mol. The summed E-state index contributed by atoms with van der Waals surface area (Å²) in [6.07, 6.45) is 5.88. The minimum atomic E-state index is 0.0790. The van der Waals surface area contributed by atoms with Crippen molar-refractivity contribution in [3.63, 3.8) is 0 Å². The maximum Gasteiger partial charge on any atom is 0.156 e. The van der Waals surface area contributed by atoms with Crippen LogP contribution in [0.4, 0.5) is 0 Å². The van der Waals surface area contributed by atoms with Gasteiger partial charge in [0.05, 0.1) is 6.04 Å². The van der Waals surface area contributed by atoms with Crippen molar-refractivity contribution < 1.29 is 5.21 Å². The smallest absolute Gasteiger partial charge is 0.156 e. The molecule has 0 bridgehead atoms. The van der Waals surface area contributed by atoms with Crippen molar-refractivity contribution in [2.75, 3.05) is 6.54 Å². The molecule has 0 spiro atoms. The summed E-state index contributed by atoms with van der Waals surface area (Å²) in [6.45, 7) is 0.973. The maximum absolute atomic E-state index is 8.47. The molecule has 12 heavy (non-hydrogen) atoms. The molecular weight excluding hydrogens is 154 g/mol. The summed E-state index contributed by atoms with van der Waals surface area (Å²) in [4.78, 5) is 0. The molecule has 4 nitrogen and oxygen atoms in total. The number of hydrogen-bond acceptors (Lipinski definition) is 3. The van der Waals surface area contributed by atoms with Crippen molar-refractivity contribution in [2.24, 2.45) is 10.9 Å². The van der Waals surface area contributed by atoms with E-state index >= 15 is 0 Å². The summed E-state index contributed by atoms with van der Waals surface area (Å²) in [7, 11) is 0. The zero-order valence-electron chi connectivity index (χ0n) is 7.29. The molecule has 1 aliphatic heterocycles. The van der Waals surface area contributed by atoms with Crippen LogP contribution < -0.4 is 11.1 Å². The van der Waals surface area contributed by atoms with Crippen LogP contribution in [-0.4, -0.2) is 23.6 Å². The van der Waals surface area contributed by atoms with Crippen molar-refractivity contribution in [3.8, 4) is 0 Å². The molecule has 0 aromatic heterocycles. The standard InChI is InChI=1S/C8H17N3O/c9-8(11-12)7-5-3-1-2-4-6-10-7/h7,10,12H,1-6H2,(H2,9,11). The monoisotopic (exact) mass is 171 g/mol. The second-order valence-corrected chi connectivity index (χ2v) is 3.23.